The first-order chi connectivity index (χ1) is 9.34. The summed E-state index contributed by atoms with van der Waals surface area (Å²) in [4.78, 5) is 4.40. The molecule has 0 fully saturated rings. The van der Waals surface area contributed by atoms with Crippen molar-refractivity contribution >= 4 is 5.69 Å². The van der Waals surface area contributed by atoms with Crippen molar-refractivity contribution in [2.45, 2.75) is 26.4 Å². The number of pyridine rings is 1. The highest BCUT2D eigenvalue weighted by Crippen LogP contribution is 2.26. The Hall–Kier alpha value is -1.87. The number of aromatic nitrogens is 1. The number of anilines is 1. The number of para-hydroxylation sites is 1. The van der Waals surface area contributed by atoms with Crippen LogP contribution in [0.4, 0.5) is 5.69 Å². The third-order valence-electron chi connectivity index (χ3n) is 3.66. The molecule has 0 amide bonds. The quantitative estimate of drug-likeness (QED) is 0.879. The summed E-state index contributed by atoms with van der Waals surface area (Å²) in [6.07, 6.45) is 2.99. The molecular weight excluding hydrogens is 234 g/mol. The lowest BCUT2D eigenvalue weighted by Gasteiger charge is -2.10. The van der Waals surface area contributed by atoms with Gasteiger partial charge in [0.15, 0.2) is 0 Å². The van der Waals surface area contributed by atoms with E-state index >= 15 is 0 Å². The highest BCUT2D eigenvalue weighted by Gasteiger charge is 2.12. The number of fused-ring (bicyclic) bond motifs is 1. The van der Waals surface area contributed by atoms with Crippen LogP contribution in [0.15, 0.2) is 36.5 Å². The number of benzene rings is 1. The van der Waals surface area contributed by atoms with Gasteiger partial charge in [-0.15, -0.1) is 0 Å². The highest BCUT2D eigenvalue weighted by molar-refractivity contribution is 5.61. The Labute approximate surface area is 114 Å². The van der Waals surface area contributed by atoms with Crippen molar-refractivity contribution in [3.63, 3.8) is 0 Å². The Balaban J connectivity index is 1.65. The summed E-state index contributed by atoms with van der Waals surface area (Å²) in [7, 11) is 0. The van der Waals surface area contributed by atoms with Crippen molar-refractivity contribution in [1.29, 1.82) is 0 Å². The van der Waals surface area contributed by atoms with E-state index in [1.54, 1.807) is 0 Å². The van der Waals surface area contributed by atoms with Gasteiger partial charge in [-0.2, -0.15) is 0 Å². The summed E-state index contributed by atoms with van der Waals surface area (Å²) in [5, 5.41) is 6.96. The maximum atomic E-state index is 4.40. The van der Waals surface area contributed by atoms with Gasteiger partial charge in [0.05, 0.1) is 5.69 Å². The van der Waals surface area contributed by atoms with Gasteiger partial charge in [-0.25, -0.2) is 0 Å². The normalized spacial score (nSPS) is 13.1. The third kappa shape index (κ3) is 2.61. The van der Waals surface area contributed by atoms with Crippen molar-refractivity contribution < 1.29 is 0 Å². The molecule has 2 N–H and O–H groups in total. The molecule has 0 atom stereocenters. The van der Waals surface area contributed by atoms with Crippen LogP contribution in [0.25, 0.3) is 0 Å². The molecule has 2 heterocycles. The second-order valence-electron chi connectivity index (χ2n) is 5.00. The SMILES string of the molecule is Cc1cccnc1CNCc1cccc2c1NCC2. The second-order valence-corrected chi connectivity index (χ2v) is 5.00. The zero-order valence-electron chi connectivity index (χ0n) is 11.2. The van der Waals surface area contributed by atoms with Crippen LogP contribution in [-0.2, 0) is 19.5 Å². The van der Waals surface area contributed by atoms with Gasteiger partial charge in [0.1, 0.15) is 0 Å². The Morgan fingerprint density at radius 3 is 3.05 bits per heavy atom. The molecule has 0 spiro atoms. The predicted octanol–water partition coefficient (Wildman–Crippen LogP) is 2.65. The number of rotatable bonds is 4. The Bertz CT molecular complexity index is 578. The summed E-state index contributed by atoms with van der Waals surface area (Å²) in [6, 6.07) is 10.6. The monoisotopic (exact) mass is 253 g/mol. The van der Waals surface area contributed by atoms with Gasteiger partial charge in [0.25, 0.3) is 0 Å². The van der Waals surface area contributed by atoms with Gasteiger partial charge in [-0.3, -0.25) is 4.98 Å². The average molecular weight is 253 g/mol. The van der Waals surface area contributed by atoms with E-state index in [-0.39, 0.29) is 0 Å². The number of hydrogen-bond acceptors (Lipinski definition) is 3. The van der Waals surface area contributed by atoms with Gasteiger partial charge in [0, 0.05) is 31.5 Å². The molecular formula is C16H19N3. The number of nitrogens with one attached hydrogen (secondary N) is 2. The van der Waals surface area contributed by atoms with Crippen molar-refractivity contribution in [3.8, 4) is 0 Å². The smallest absolute Gasteiger partial charge is 0.0570 e. The van der Waals surface area contributed by atoms with E-state index in [2.05, 4.69) is 46.8 Å². The molecule has 0 bridgehead atoms. The summed E-state index contributed by atoms with van der Waals surface area (Å²) >= 11 is 0. The maximum Gasteiger partial charge on any atom is 0.0570 e. The van der Waals surface area contributed by atoms with Crippen LogP contribution in [0.2, 0.25) is 0 Å². The standard InChI is InChI=1S/C16H19N3/c1-12-4-3-8-18-15(12)11-17-10-14-6-2-5-13-7-9-19-16(13)14/h2-6,8,17,19H,7,9-11H2,1H3. The first-order valence-electron chi connectivity index (χ1n) is 6.80. The van der Waals surface area contributed by atoms with Gasteiger partial charge in [0.2, 0.25) is 0 Å². The zero-order chi connectivity index (χ0) is 13.1. The van der Waals surface area contributed by atoms with E-state index in [1.807, 2.05) is 12.3 Å². The first-order valence-corrected chi connectivity index (χ1v) is 6.80. The molecule has 1 aromatic heterocycles. The summed E-state index contributed by atoms with van der Waals surface area (Å²) in [6.45, 7) is 4.86. The fourth-order valence-electron chi connectivity index (χ4n) is 2.58. The van der Waals surface area contributed by atoms with E-state index in [1.165, 1.54) is 22.4 Å². The molecule has 0 saturated carbocycles. The second kappa shape index (κ2) is 5.41. The first kappa shape index (κ1) is 12.2. The maximum absolute atomic E-state index is 4.40. The lowest BCUT2D eigenvalue weighted by molar-refractivity contribution is 0.677. The Morgan fingerprint density at radius 2 is 2.16 bits per heavy atom. The lowest BCUT2D eigenvalue weighted by atomic mass is 10.1. The molecule has 1 aromatic carbocycles. The van der Waals surface area contributed by atoms with Crippen LogP contribution in [-0.4, -0.2) is 11.5 Å². The number of nitrogens with zero attached hydrogens (tertiary/aromatic N) is 1. The summed E-state index contributed by atoms with van der Waals surface area (Å²) < 4.78 is 0. The van der Waals surface area contributed by atoms with Gasteiger partial charge in [-0.1, -0.05) is 24.3 Å². The van der Waals surface area contributed by atoms with Crippen molar-refractivity contribution in [2.24, 2.45) is 0 Å². The number of hydrogen-bond donors (Lipinski definition) is 2. The molecule has 3 nitrogen and oxygen atoms in total. The molecule has 98 valence electrons. The van der Waals surface area contributed by atoms with Crippen LogP contribution in [0.1, 0.15) is 22.4 Å². The van der Waals surface area contributed by atoms with Crippen molar-refractivity contribution in [1.82, 2.24) is 10.3 Å². The molecule has 3 rings (SSSR count). The average Bonchev–Trinajstić information content (AvgIpc) is 2.90. The van der Waals surface area contributed by atoms with Crippen LogP contribution in [0.5, 0.6) is 0 Å². The minimum Gasteiger partial charge on any atom is -0.384 e. The third-order valence-corrected chi connectivity index (χ3v) is 3.66. The van der Waals surface area contributed by atoms with Crippen LogP contribution in [0, 0.1) is 6.92 Å². The molecule has 3 heteroatoms. The minimum absolute atomic E-state index is 0.816. The Morgan fingerprint density at radius 1 is 1.21 bits per heavy atom. The van der Waals surface area contributed by atoms with Crippen LogP contribution in [0.3, 0.4) is 0 Å². The van der Waals surface area contributed by atoms with E-state index in [9.17, 15) is 0 Å². The largest absolute Gasteiger partial charge is 0.384 e. The fraction of sp³-hybridized carbons (Fsp3) is 0.312. The fourth-order valence-corrected chi connectivity index (χ4v) is 2.58. The van der Waals surface area contributed by atoms with Gasteiger partial charge in [-0.05, 0) is 36.1 Å². The van der Waals surface area contributed by atoms with Crippen LogP contribution >= 0.6 is 0 Å². The molecule has 19 heavy (non-hydrogen) atoms. The molecule has 1 aliphatic heterocycles. The predicted molar refractivity (Wildman–Crippen MR) is 78.2 cm³/mol. The zero-order valence-corrected chi connectivity index (χ0v) is 11.2. The number of aryl methyl sites for hydroxylation is 1. The molecule has 0 radical (unpaired) electrons. The lowest BCUT2D eigenvalue weighted by Crippen LogP contribution is -2.15. The van der Waals surface area contributed by atoms with Crippen molar-refractivity contribution in [3.05, 3.63) is 58.9 Å². The van der Waals surface area contributed by atoms with Gasteiger partial charge >= 0.3 is 0 Å². The Kier molecular flexibility index (Phi) is 3.47. The molecule has 2 aromatic rings. The summed E-state index contributed by atoms with van der Waals surface area (Å²) in [5.41, 5.74) is 6.49. The molecule has 0 unspecified atom stereocenters. The van der Waals surface area contributed by atoms with E-state index in [0.717, 1.165) is 31.7 Å². The van der Waals surface area contributed by atoms with Gasteiger partial charge < -0.3 is 10.6 Å². The van der Waals surface area contributed by atoms with E-state index < -0.39 is 0 Å². The molecule has 1 aliphatic rings. The molecule has 0 aliphatic carbocycles. The van der Waals surface area contributed by atoms with E-state index in [4.69, 9.17) is 0 Å². The van der Waals surface area contributed by atoms with Crippen LogP contribution < -0.4 is 10.6 Å². The minimum atomic E-state index is 0.816. The van der Waals surface area contributed by atoms with Crippen molar-refractivity contribution in [2.75, 3.05) is 11.9 Å². The topological polar surface area (TPSA) is 37.0 Å². The molecule has 0 saturated heterocycles. The van der Waals surface area contributed by atoms with E-state index in [0.29, 0.717) is 0 Å². The summed E-state index contributed by atoms with van der Waals surface area (Å²) in [5.74, 6) is 0. The highest BCUT2D eigenvalue weighted by atomic mass is 14.9.